The van der Waals surface area contributed by atoms with Gasteiger partial charge in [-0.2, -0.15) is 4.31 Å². The van der Waals surface area contributed by atoms with Gasteiger partial charge in [0, 0.05) is 6.54 Å². The van der Waals surface area contributed by atoms with E-state index in [0.29, 0.717) is 5.75 Å². The summed E-state index contributed by atoms with van der Waals surface area (Å²) in [7, 11) is -4.08. The van der Waals surface area contributed by atoms with Crippen LogP contribution in [0, 0.1) is 5.82 Å². The van der Waals surface area contributed by atoms with Gasteiger partial charge in [-0.05, 0) is 54.8 Å². The number of sulfonamides is 1. The molecule has 3 N–H and O–H groups in total. The number of carbonyl (C=O) groups is 1. The van der Waals surface area contributed by atoms with Gasteiger partial charge in [0.15, 0.2) is 0 Å². The van der Waals surface area contributed by atoms with Crippen molar-refractivity contribution in [1.82, 2.24) is 9.79 Å². The third kappa shape index (κ3) is 4.91. The molecular formula is C19H21FN2O6S. The van der Waals surface area contributed by atoms with Gasteiger partial charge in [-0.25, -0.2) is 18.3 Å². The lowest BCUT2D eigenvalue weighted by atomic mass is 10.0. The Morgan fingerprint density at radius 1 is 1.14 bits per heavy atom. The van der Waals surface area contributed by atoms with Gasteiger partial charge in [0.1, 0.15) is 24.2 Å². The van der Waals surface area contributed by atoms with Crippen molar-refractivity contribution in [1.29, 1.82) is 0 Å². The van der Waals surface area contributed by atoms with E-state index in [0.717, 1.165) is 9.87 Å². The van der Waals surface area contributed by atoms with Crippen LogP contribution in [0.2, 0.25) is 0 Å². The maximum Gasteiger partial charge on any atom is 0.261 e. The highest BCUT2D eigenvalue weighted by atomic mass is 32.2. The van der Waals surface area contributed by atoms with Crippen LogP contribution in [-0.2, 0) is 21.4 Å². The van der Waals surface area contributed by atoms with E-state index in [1.54, 1.807) is 12.1 Å². The van der Waals surface area contributed by atoms with Crippen LogP contribution in [0.25, 0.3) is 0 Å². The average molecular weight is 424 g/mol. The van der Waals surface area contributed by atoms with E-state index in [-0.39, 0.29) is 36.7 Å². The largest absolute Gasteiger partial charge is 0.489 e. The van der Waals surface area contributed by atoms with Crippen LogP contribution < -0.4 is 10.2 Å². The van der Waals surface area contributed by atoms with E-state index >= 15 is 0 Å². The lowest BCUT2D eigenvalue weighted by Gasteiger charge is -2.35. The predicted molar refractivity (Wildman–Crippen MR) is 100 cm³/mol. The predicted octanol–water partition coefficient (Wildman–Crippen LogP) is 1.42. The molecule has 2 atom stereocenters. The van der Waals surface area contributed by atoms with Gasteiger partial charge in [-0.1, -0.05) is 12.1 Å². The minimum absolute atomic E-state index is 0.0727. The summed E-state index contributed by atoms with van der Waals surface area (Å²) in [6.45, 7) is -0.0628. The molecule has 3 rings (SSSR count). The number of nitrogens with one attached hydrogen (secondary N) is 1. The van der Waals surface area contributed by atoms with Gasteiger partial charge < -0.3 is 9.84 Å². The number of amides is 1. The SMILES string of the molecule is O=C(NO)[C@H]1CC[C@H](O)CN1S(=O)(=O)c1ccc(OCc2ccc(F)cc2)cc1. The maximum absolute atomic E-state index is 13.0. The van der Waals surface area contributed by atoms with Crippen LogP contribution in [0.4, 0.5) is 4.39 Å². The third-order valence-corrected chi connectivity index (χ3v) is 6.56. The summed E-state index contributed by atoms with van der Waals surface area (Å²) >= 11 is 0. The number of aliphatic hydroxyl groups is 1. The van der Waals surface area contributed by atoms with E-state index < -0.39 is 28.1 Å². The third-order valence-electron chi connectivity index (χ3n) is 4.67. The Morgan fingerprint density at radius 3 is 2.41 bits per heavy atom. The molecule has 1 fully saturated rings. The zero-order valence-corrected chi connectivity index (χ0v) is 16.2. The molecule has 0 unspecified atom stereocenters. The number of ether oxygens (including phenoxy) is 1. The van der Waals surface area contributed by atoms with Crippen LogP contribution in [0.1, 0.15) is 18.4 Å². The molecule has 0 saturated carbocycles. The number of benzene rings is 2. The smallest absolute Gasteiger partial charge is 0.261 e. The van der Waals surface area contributed by atoms with Crippen LogP contribution >= 0.6 is 0 Å². The molecule has 0 aliphatic carbocycles. The lowest BCUT2D eigenvalue weighted by Crippen LogP contribution is -2.54. The number of hydroxylamine groups is 1. The van der Waals surface area contributed by atoms with Crippen molar-refractivity contribution in [2.24, 2.45) is 0 Å². The molecule has 1 heterocycles. The normalized spacial score (nSPS) is 20.2. The Balaban J connectivity index is 1.74. The second kappa shape index (κ2) is 8.87. The van der Waals surface area contributed by atoms with Crippen LogP contribution in [0.15, 0.2) is 53.4 Å². The molecule has 0 radical (unpaired) electrons. The standard InChI is InChI=1S/C19H21FN2O6S/c20-14-3-1-13(2-4-14)12-28-16-6-8-17(9-7-16)29(26,27)22-11-15(23)5-10-18(22)19(24)21-25/h1-4,6-9,15,18,23,25H,5,10-12H2,(H,21,24)/t15-,18+/m0/s1. The highest BCUT2D eigenvalue weighted by molar-refractivity contribution is 7.89. The number of rotatable bonds is 6. The quantitative estimate of drug-likeness (QED) is 0.477. The number of β-amino-alcohol motifs (C(OH)–C–C–N with tert-alkyl or cyclic N) is 1. The lowest BCUT2D eigenvalue weighted by molar-refractivity contribution is -0.135. The molecule has 10 heteroatoms. The molecule has 0 spiro atoms. The molecule has 1 aliphatic heterocycles. The van der Waals surface area contributed by atoms with Gasteiger partial charge >= 0.3 is 0 Å². The second-order valence-corrected chi connectivity index (χ2v) is 8.57. The fraction of sp³-hybridized carbons (Fsp3) is 0.316. The van der Waals surface area contributed by atoms with Crippen molar-refractivity contribution in [3.05, 3.63) is 59.9 Å². The summed E-state index contributed by atoms with van der Waals surface area (Å²) in [5, 5.41) is 18.7. The number of halogens is 1. The first-order chi connectivity index (χ1) is 13.8. The minimum Gasteiger partial charge on any atom is -0.489 e. The Labute approximate surface area is 167 Å². The number of hydrogen-bond acceptors (Lipinski definition) is 6. The summed E-state index contributed by atoms with van der Waals surface area (Å²) < 4.78 is 45.3. The van der Waals surface area contributed by atoms with Gasteiger partial charge in [-0.15, -0.1) is 0 Å². The first-order valence-corrected chi connectivity index (χ1v) is 10.4. The van der Waals surface area contributed by atoms with Gasteiger partial charge in [-0.3, -0.25) is 10.0 Å². The average Bonchev–Trinajstić information content (AvgIpc) is 2.73. The van der Waals surface area contributed by atoms with E-state index in [1.165, 1.54) is 41.9 Å². The number of nitrogens with zero attached hydrogens (tertiary/aromatic N) is 1. The highest BCUT2D eigenvalue weighted by Gasteiger charge is 2.40. The number of aliphatic hydroxyl groups excluding tert-OH is 1. The van der Waals surface area contributed by atoms with E-state index in [9.17, 15) is 22.7 Å². The molecule has 0 bridgehead atoms. The summed E-state index contributed by atoms with van der Waals surface area (Å²) in [5.41, 5.74) is 2.23. The second-order valence-electron chi connectivity index (χ2n) is 6.68. The Bertz CT molecular complexity index is 950. The van der Waals surface area contributed by atoms with E-state index in [2.05, 4.69) is 0 Å². The van der Waals surface area contributed by atoms with E-state index in [4.69, 9.17) is 9.94 Å². The summed E-state index contributed by atoms with van der Waals surface area (Å²) in [6, 6.07) is 10.3. The highest BCUT2D eigenvalue weighted by Crippen LogP contribution is 2.27. The molecule has 1 amide bonds. The van der Waals surface area contributed by atoms with Gasteiger partial charge in [0.25, 0.3) is 5.91 Å². The van der Waals surface area contributed by atoms with Crippen LogP contribution in [0.5, 0.6) is 5.75 Å². The fourth-order valence-corrected chi connectivity index (χ4v) is 4.77. The molecule has 8 nitrogen and oxygen atoms in total. The van der Waals surface area contributed by atoms with Crippen molar-refractivity contribution < 1.29 is 32.7 Å². The van der Waals surface area contributed by atoms with Crippen LogP contribution in [0.3, 0.4) is 0 Å². The minimum atomic E-state index is -4.08. The van der Waals surface area contributed by atoms with Crippen molar-refractivity contribution in [2.45, 2.75) is 36.5 Å². The molecule has 2 aromatic carbocycles. The van der Waals surface area contributed by atoms with Crippen LogP contribution in [-0.4, -0.2) is 47.6 Å². The monoisotopic (exact) mass is 424 g/mol. The summed E-state index contributed by atoms with van der Waals surface area (Å²) in [5.74, 6) is -0.782. The Hall–Kier alpha value is -2.53. The summed E-state index contributed by atoms with van der Waals surface area (Å²) in [4.78, 5) is 11.8. The summed E-state index contributed by atoms with van der Waals surface area (Å²) in [6.07, 6.45) is -0.558. The van der Waals surface area contributed by atoms with Crippen molar-refractivity contribution >= 4 is 15.9 Å². The van der Waals surface area contributed by atoms with Gasteiger partial charge in [0.2, 0.25) is 10.0 Å². The number of piperidine rings is 1. The molecule has 1 saturated heterocycles. The molecule has 156 valence electrons. The van der Waals surface area contributed by atoms with Crippen molar-refractivity contribution in [2.75, 3.05) is 6.54 Å². The van der Waals surface area contributed by atoms with E-state index in [1.807, 2.05) is 0 Å². The first kappa shape index (κ1) is 21.2. The molecule has 1 aliphatic rings. The number of hydrogen-bond donors (Lipinski definition) is 3. The fourth-order valence-electron chi connectivity index (χ4n) is 3.11. The first-order valence-electron chi connectivity index (χ1n) is 8.92. The van der Waals surface area contributed by atoms with Gasteiger partial charge in [0.05, 0.1) is 11.0 Å². The van der Waals surface area contributed by atoms with Crippen molar-refractivity contribution in [3.8, 4) is 5.75 Å². The molecule has 2 aromatic rings. The maximum atomic E-state index is 13.0. The number of carbonyl (C=O) groups excluding carboxylic acids is 1. The molecule has 29 heavy (non-hydrogen) atoms. The Morgan fingerprint density at radius 2 is 1.79 bits per heavy atom. The topological polar surface area (TPSA) is 116 Å². The zero-order chi connectivity index (χ0) is 21.0. The van der Waals surface area contributed by atoms with Crippen molar-refractivity contribution in [3.63, 3.8) is 0 Å². The Kier molecular flexibility index (Phi) is 6.48. The molecular weight excluding hydrogens is 403 g/mol. The zero-order valence-electron chi connectivity index (χ0n) is 15.4. The molecule has 0 aromatic heterocycles.